The van der Waals surface area contributed by atoms with E-state index in [9.17, 15) is 0 Å². The maximum atomic E-state index is 5.60. The van der Waals surface area contributed by atoms with Gasteiger partial charge in [-0.25, -0.2) is 4.99 Å². The van der Waals surface area contributed by atoms with Gasteiger partial charge in [0.05, 0.1) is 5.35 Å². The number of nitrogens with one attached hydrogen (secondary N) is 1. The number of hydrogen-bond acceptors (Lipinski definition) is 2. The molecule has 0 aromatic carbocycles. The summed E-state index contributed by atoms with van der Waals surface area (Å²) in [6.45, 7) is 5.60. The van der Waals surface area contributed by atoms with Crippen molar-refractivity contribution in [2.75, 3.05) is 0 Å². The van der Waals surface area contributed by atoms with Gasteiger partial charge in [0.25, 0.3) is 0 Å². The Hall–Kier alpha value is -1.51. The van der Waals surface area contributed by atoms with Gasteiger partial charge in [-0.3, -0.25) is 0 Å². The van der Waals surface area contributed by atoms with Gasteiger partial charge >= 0.3 is 0 Å². The van der Waals surface area contributed by atoms with Gasteiger partial charge in [0.1, 0.15) is 5.82 Å². The molecule has 0 fully saturated rings. The Labute approximate surface area is 65.0 Å². The monoisotopic (exact) mass is 149 g/mol. The molecule has 3 heteroatoms. The van der Waals surface area contributed by atoms with E-state index in [2.05, 4.69) is 16.6 Å². The molecule has 11 heavy (non-hydrogen) atoms. The molecule has 1 aromatic rings. The van der Waals surface area contributed by atoms with E-state index in [0.717, 1.165) is 10.6 Å². The summed E-state index contributed by atoms with van der Waals surface area (Å²) < 4.78 is 0. The van der Waals surface area contributed by atoms with Crippen LogP contribution in [0.2, 0.25) is 0 Å². The van der Waals surface area contributed by atoms with Crippen LogP contribution in [-0.4, -0.2) is 11.2 Å². The molecule has 0 amide bonds. The Morgan fingerprint density at radius 2 is 2.55 bits per heavy atom. The lowest BCUT2D eigenvalue weighted by Gasteiger charge is -1.87. The lowest BCUT2D eigenvalue weighted by atomic mass is 10.4. The second-order valence-corrected chi connectivity index (χ2v) is 2.15. The predicted octanol–water partition coefficient (Wildman–Crippen LogP) is -0.460. The molecule has 0 saturated carbocycles. The summed E-state index contributed by atoms with van der Waals surface area (Å²) in [7, 11) is 0. The third-order valence-electron chi connectivity index (χ3n) is 1.36. The van der Waals surface area contributed by atoms with Crippen LogP contribution >= 0.6 is 0 Å². The molecule has 0 saturated heterocycles. The van der Waals surface area contributed by atoms with E-state index in [1.165, 1.54) is 0 Å². The van der Waals surface area contributed by atoms with Gasteiger partial charge in [-0.2, -0.15) is 0 Å². The highest BCUT2D eigenvalue weighted by Gasteiger charge is 1.87. The van der Waals surface area contributed by atoms with Crippen LogP contribution < -0.4 is 16.3 Å². The SMILES string of the molecule is C=c1cc[nH]/c1=C(\N)N=CC. The second kappa shape index (κ2) is 3.05. The number of aromatic amines is 1. The summed E-state index contributed by atoms with van der Waals surface area (Å²) in [4.78, 5) is 6.88. The van der Waals surface area contributed by atoms with Crippen molar-refractivity contribution in [3.63, 3.8) is 0 Å². The largest absolute Gasteiger partial charge is 0.382 e. The molecule has 0 aliphatic heterocycles. The first-order chi connectivity index (χ1) is 5.25. The first-order valence-electron chi connectivity index (χ1n) is 3.36. The van der Waals surface area contributed by atoms with Crippen LogP contribution in [0.3, 0.4) is 0 Å². The molecule has 1 aromatic heterocycles. The van der Waals surface area contributed by atoms with Gasteiger partial charge < -0.3 is 10.7 Å². The first-order valence-corrected chi connectivity index (χ1v) is 3.36. The summed E-state index contributed by atoms with van der Waals surface area (Å²) >= 11 is 0. The lowest BCUT2D eigenvalue weighted by molar-refractivity contribution is 1.25. The normalized spacial score (nSPS) is 13.9. The molecule has 0 aliphatic rings. The number of nitrogens with two attached hydrogens (primary N) is 1. The Morgan fingerprint density at radius 1 is 1.82 bits per heavy atom. The fourth-order valence-electron chi connectivity index (χ4n) is 0.844. The van der Waals surface area contributed by atoms with E-state index in [1.807, 2.05) is 13.0 Å². The zero-order valence-electron chi connectivity index (χ0n) is 6.46. The van der Waals surface area contributed by atoms with Crippen LogP contribution in [-0.2, 0) is 0 Å². The van der Waals surface area contributed by atoms with Gasteiger partial charge in [0, 0.05) is 12.4 Å². The molecule has 0 spiro atoms. The van der Waals surface area contributed by atoms with Crippen molar-refractivity contribution in [2.45, 2.75) is 6.92 Å². The van der Waals surface area contributed by atoms with Crippen molar-refractivity contribution in [3.8, 4) is 0 Å². The third-order valence-corrected chi connectivity index (χ3v) is 1.36. The Morgan fingerprint density at radius 3 is 3.00 bits per heavy atom. The molecule has 0 aliphatic carbocycles. The molecule has 58 valence electrons. The molecule has 0 bridgehead atoms. The molecule has 1 rings (SSSR count). The van der Waals surface area contributed by atoms with Crippen LogP contribution in [0, 0.1) is 0 Å². The fourth-order valence-corrected chi connectivity index (χ4v) is 0.844. The maximum Gasteiger partial charge on any atom is 0.147 e. The van der Waals surface area contributed by atoms with Crippen molar-refractivity contribution in [1.29, 1.82) is 0 Å². The Kier molecular flexibility index (Phi) is 2.11. The van der Waals surface area contributed by atoms with Crippen molar-refractivity contribution < 1.29 is 0 Å². The molecule has 3 nitrogen and oxygen atoms in total. The predicted molar refractivity (Wildman–Crippen MR) is 47.3 cm³/mol. The van der Waals surface area contributed by atoms with Gasteiger partial charge in [-0.15, -0.1) is 0 Å². The molecule has 0 unspecified atom stereocenters. The fraction of sp³-hybridized carbons (Fsp3) is 0.125. The van der Waals surface area contributed by atoms with Crippen molar-refractivity contribution in [3.05, 3.63) is 22.8 Å². The van der Waals surface area contributed by atoms with E-state index < -0.39 is 0 Å². The zero-order chi connectivity index (χ0) is 8.27. The number of hydrogen-bond donors (Lipinski definition) is 2. The minimum Gasteiger partial charge on any atom is -0.382 e. The average molecular weight is 149 g/mol. The Bertz CT molecular complexity index is 359. The van der Waals surface area contributed by atoms with Gasteiger partial charge in [-0.1, -0.05) is 6.58 Å². The van der Waals surface area contributed by atoms with Crippen LogP contribution in [0.15, 0.2) is 17.3 Å². The standard InChI is InChI=1S/C8H11N3/c1-3-10-8(9)7-6(2)4-5-11-7/h3-5,11H,2,9H2,1H3/b8-7+,10-3?. The number of rotatable bonds is 1. The molecule has 0 radical (unpaired) electrons. The van der Waals surface area contributed by atoms with Crippen LogP contribution in [0.25, 0.3) is 12.4 Å². The van der Waals surface area contributed by atoms with Crippen LogP contribution in [0.1, 0.15) is 6.92 Å². The second-order valence-electron chi connectivity index (χ2n) is 2.15. The average Bonchev–Trinajstić information content (AvgIpc) is 2.36. The highest BCUT2D eigenvalue weighted by atomic mass is 14.9. The third kappa shape index (κ3) is 1.49. The maximum absolute atomic E-state index is 5.60. The van der Waals surface area contributed by atoms with Gasteiger partial charge in [0.15, 0.2) is 0 Å². The summed E-state index contributed by atoms with van der Waals surface area (Å²) in [6, 6.07) is 1.85. The van der Waals surface area contributed by atoms with E-state index in [1.54, 1.807) is 12.4 Å². The molecule has 1 heterocycles. The minimum atomic E-state index is 0.475. The molecular weight excluding hydrogens is 138 g/mol. The summed E-state index contributed by atoms with van der Waals surface area (Å²) in [6.07, 6.45) is 3.44. The molecule has 3 N–H and O–H groups in total. The van der Waals surface area contributed by atoms with Crippen LogP contribution in [0.5, 0.6) is 0 Å². The van der Waals surface area contributed by atoms with Crippen molar-refractivity contribution >= 4 is 18.6 Å². The zero-order valence-corrected chi connectivity index (χ0v) is 6.46. The van der Waals surface area contributed by atoms with E-state index in [4.69, 9.17) is 5.73 Å². The van der Waals surface area contributed by atoms with E-state index >= 15 is 0 Å². The van der Waals surface area contributed by atoms with Gasteiger partial charge in [0.2, 0.25) is 0 Å². The summed E-state index contributed by atoms with van der Waals surface area (Å²) in [5.41, 5.74) is 5.60. The number of H-pyrrole nitrogens is 1. The van der Waals surface area contributed by atoms with Crippen molar-refractivity contribution in [1.82, 2.24) is 4.98 Å². The molecular formula is C8H11N3. The van der Waals surface area contributed by atoms with E-state index in [-0.39, 0.29) is 0 Å². The number of aromatic nitrogens is 1. The lowest BCUT2D eigenvalue weighted by Crippen LogP contribution is -2.26. The topological polar surface area (TPSA) is 54.2 Å². The Balaban J connectivity index is 3.38. The summed E-state index contributed by atoms with van der Waals surface area (Å²) in [5, 5.41) is 1.66. The highest BCUT2D eigenvalue weighted by molar-refractivity contribution is 5.61. The number of aliphatic imine (C=N–C) groups is 1. The summed E-state index contributed by atoms with van der Waals surface area (Å²) in [5.74, 6) is 0.475. The number of nitrogens with zero attached hydrogens (tertiary/aromatic N) is 1. The van der Waals surface area contributed by atoms with Crippen LogP contribution in [0.4, 0.5) is 0 Å². The van der Waals surface area contributed by atoms with E-state index in [0.29, 0.717) is 5.82 Å². The highest BCUT2D eigenvalue weighted by Crippen LogP contribution is 1.77. The molecule has 0 atom stereocenters. The minimum absolute atomic E-state index is 0.475. The van der Waals surface area contributed by atoms with Crippen molar-refractivity contribution in [2.24, 2.45) is 10.7 Å². The first kappa shape index (κ1) is 7.60. The smallest absolute Gasteiger partial charge is 0.147 e. The quantitative estimate of drug-likeness (QED) is 0.522. The van der Waals surface area contributed by atoms with Gasteiger partial charge in [-0.05, 0) is 18.2 Å².